The molecule has 17 heavy (non-hydrogen) atoms. The van der Waals surface area contributed by atoms with Crippen molar-refractivity contribution in [1.82, 2.24) is 5.32 Å². The Morgan fingerprint density at radius 1 is 1.41 bits per heavy atom. The third-order valence-electron chi connectivity index (χ3n) is 4.28. The number of rotatable bonds is 6. The molecule has 98 valence electrons. The molecule has 0 saturated heterocycles. The lowest BCUT2D eigenvalue weighted by Gasteiger charge is -2.20. The number of hydrogen-bond acceptors (Lipinski definition) is 2. The van der Waals surface area contributed by atoms with E-state index in [-0.39, 0.29) is 0 Å². The van der Waals surface area contributed by atoms with Gasteiger partial charge in [0.25, 0.3) is 0 Å². The van der Waals surface area contributed by atoms with Crippen molar-refractivity contribution < 1.29 is 4.74 Å². The Morgan fingerprint density at radius 2 is 2.29 bits per heavy atom. The van der Waals surface area contributed by atoms with E-state index >= 15 is 0 Å². The molecule has 0 radical (unpaired) electrons. The van der Waals surface area contributed by atoms with E-state index in [1.54, 1.807) is 7.11 Å². The minimum Gasteiger partial charge on any atom is -0.383 e. The van der Waals surface area contributed by atoms with Gasteiger partial charge in [0, 0.05) is 20.2 Å². The quantitative estimate of drug-likeness (QED) is 0.418. The van der Waals surface area contributed by atoms with Crippen LogP contribution in [0, 0.1) is 17.8 Å². The highest BCUT2D eigenvalue weighted by Gasteiger charge is 2.38. The predicted octanol–water partition coefficient (Wildman–Crippen LogP) is 1.36. The maximum absolute atomic E-state index is 5.76. The smallest absolute Gasteiger partial charge is 0.188 e. The molecule has 2 fully saturated rings. The molecule has 4 nitrogen and oxygen atoms in total. The second-order valence-corrected chi connectivity index (χ2v) is 5.41. The number of nitrogens with zero attached hydrogens (tertiary/aromatic N) is 1. The molecule has 0 aliphatic heterocycles. The fourth-order valence-corrected chi connectivity index (χ4v) is 3.42. The molecule has 3 atom stereocenters. The largest absolute Gasteiger partial charge is 0.383 e. The van der Waals surface area contributed by atoms with E-state index in [1.165, 1.54) is 32.1 Å². The molecule has 2 aliphatic rings. The summed E-state index contributed by atoms with van der Waals surface area (Å²) in [7, 11) is 1.68. The Morgan fingerprint density at radius 3 is 2.94 bits per heavy atom. The van der Waals surface area contributed by atoms with Gasteiger partial charge >= 0.3 is 0 Å². The molecule has 4 heteroatoms. The molecular formula is C13H25N3O. The molecule has 2 aliphatic carbocycles. The van der Waals surface area contributed by atoms with Crippen molar-refractivity contribution >= 4 is 5.96 Å². The minimum atomic E-state index is 0.560. The van der Waals surface area contributed by atoms with Crippen LogP contribution in [0.25, 0.3) is 0 Å². The highest BCUT2D eigenvalue weighted by atomic mass is 16.5. The second-order valence-electron chi connectivity index (χ2n) is 5.41. The third-order valence-corrected chi connectivity index (χ3v) is 4.28. The Hall–Kier alpha value is -0.770. The fraction of sp³-hybridized carbons (Fsp3) is 0.923. The number of aliphatic imine (C=N–C) groups is 1. The summed E-state index contributed by atoms with van der Waals surface area (Å²) in [6, 6.07) is 0. The molecule has 0 heterocycles. The summed E-state index contributed by atoms with van der Waals surface area (Å²) in [5.74, 6) is 3.51. The molecule has 0 aromatic carbocycles. The average molecular weight is 239 g/mol. The first-order valence-electron chi connectivity index (χ1n) is 6.82. The maximum Gasteiger partial charge on any atom is 0.188 e. The summed E-state index contributed by atoms with van der Waals surface area (Å²) in [5, 5.41) is 3.05. The molecule has 0 amide bonds. The van der Waals surface area contributed by atoms with Crippen molar-refractivity contribution in [1.29, 1.82) is 0 Å². The van der Waals surface area contributed by atoms with Crippen LogP contribution in [0.15, 0.2) is 4.99 Å². The first-order chi connectivity index (χ1) is 8.29. The Kier molecular flexibility index (Phi) is 4.66. The van der Waals surface area contributed by atoms with E-state index in [2.05, 4.69) is 10.3 Å². The van der Waals surface area contributed by atoms with Crippen molar-refractivity contribution in [3.63, 3.8) is 0 Å². The average Bonchev–Trinajstić information content (AvgIpc) is 2.91. The summed E-state index contributed by atoms with van der Waals surface area (Å²) in [4.78, 5) is 4.37. The zero-order chi connectivity index (χ0) is 12.1. The van der Waals surface area contributed by atoms with Crippen LogP contribution >= 0.6 is 0 Å². The molecule has 2 rings (SSSR count). The van der Waals surface area contributed by atoms with E-state index in [1.807, 2.05) is 0 Å². The van der Waals surface area contributed by atoms with E-state index in [0.717, 1.165) is 30.8 Å². The summed E-state index contributed by atoms with van der Waals surface area (Å²) < 4.78 is 4.94. The summed E-state index contributed by atoms with van der Waals surface area (Å²) in [6.45, 7) is 2.28. The first-order valence-corrected chi connectivity index (χ1v) is 6.82. The summed E-state index contributed by atoms with van der Waals surface area (Å²) in [6.07, 6.45) is 7.08. The van der Waals surface area contributed by atoms with Crippen LogP contribution in [0.2, 0.25) is 0 Å². The highest BCUT2D eigenvalue weighted by molar-refractivity contribution is 5.77. The first kappa shape index (κ1) is 12.7. The Bertz CT molecular complexity index is 267. The normalized spacial score (nSPS) is 32.1. The van der Waals surface area contributed by atoms with Crippen molar-refractivity contribution in [2.75, 3.05) is 26.8 Å². The number of methoxy groups -OCH3 is 1. The molecular weight excluding hydrogens is 214 g/mol. The summed E-state index contributed by atoms with van der Waals surface area (Å²) in [5.41, 5.74) is 5.76. The van der Waals surface area contributed by atoms with Gasteiger partial charge in [-0.2, -0.15) is 0 Å². The van der Waals surface area contributed by atoms with Gasteiger partial charge in [0.15, 0.2) is 5.96 Å². The van der Waals surface area contributed by atoms with Crippen LogP contribution in [0.5, 0.6) is 0 Å². The zero-order valence-corrected chi connectivity index (χ0v) is 10.8. The molecule has 0 aromatic rings. The van der Waals surface area contributed by atoms with Crippen LogP contribution in [-0.2, 0) is 4.74 Å². The Balaban J connectivity index is 1.60. The number of nitrogens with two attached hydrogens (primary N) is 1. The van der Waals surface area contributed by atoms with Crippen LogP contribution < -0.4 is 11.1 Å². The lowest BCUT2D eigenvalue weighted by Crippen LogP contribution is -2.34. The highest BCUT2D eigenvalue weighted by Crippen LogP contribution is 2.49. The van der Waals surface area contributed by atoms with Crippen LogP contribution in [0.3, 0.4) is 0 Å². The van der Waals surface area contributed by atoms with Crippen LogP contribution in [0.1, 0.15) is 32.1 Å². The van der Waals surface area contributed by atoms with E-state index in [4.69, 9.17) is 10.5 Å². The van der Waals surface area contributed by atoms with Gasteiger partial charge in [0.05, 0.1) is 6.61 Å². The monoisotopic (exact) mass is 239 g/mol. The number of fused-ring (bicyclic) bond motifs is 2. The molecule has 0 aromatic heterocycles. The molecule has 2 bridgehead atoms. The van der Waals surface area contributed by atoms with E-state index < -0.39 is 0 Å². The molecule has 3 N–H and O–H groups in total. The topological polar surface area (TPSA) is 59.6 Å². The van der Waals surface area contributed by atoms with Gasteiger partial charge in [0.2, 0.25) is 0 Å². The fourth-order valence-electron chi connectivity index (χ4n) is 3.42. The van der Waals surface area contributed by atoms with Crippen LogP contribution in [0.4, 0.5) is 0 Å². The van der Waals surface area contributed by atoms with Gasteiger partial charge in [0.1, 0.15) is 0 Å². The predicted molar refractivity (Wildman–Crippen MR) is 69.9 cm³/mol. The van der Waals surface area contributed by atoms with Gasteiger partial charge in [-0.25, -0.2) is 0 Å². The van der Waals surface area contributed by atoms with Gasteiger partial charge in [-0.05, 0) is 43.4 Å². The second kappa shape index (κ2) is 6.24. The van der Waals surface area contributed by atoms with Gasteiger partial charge in [-0.3, -0.25) is 4.99 Å². The summed E-state index contributed by atoms with van der Waals surface area (Å²) >= 11 is 0. The van der Waals surface area contributed by atoms with Crippen molar-refractivity contribution in [3.05, 3.63) is 0 Å². The molecule has 0 spiro atoms. The maximum atomic E-state index is 5.76. The van der Waals surface area contributed by atoms with E-state index in [0.29, 0.717) is 12.6 Å². The van der Waals surface area contributed by atoms with Crippen LogP contribution in [-0.4, -0.2) is 32.8 Å². The number of guanidine groups is 1. The van der Waals surface area contributed by atoms with Crippen molar-refractivity contribution in [3.8, 4) is 0 Å². The van der Waals surface area contributed by atoms with Gasteiger partial charge < -0.3 is 15.8 Å². The number of hydrogen-bond donors (Lipinski definition) is 2. The van der Waals surface area contributed by atoms with Crippen molar-refractivity contribution in [2.24, 2.45) is 28.5 Å². The number of ether oxygens (including phenoxy) is 1. The molecule has 3 unspecified atom stereocenters. The standard InChI is InChI=1S/C13H25N3O/c1-17-7-6-16-13(14)15-5-4-12-9-10-2-3-11(12)8-10/h10-12H,2-9H2,1H3,(H3,14,15,16). The zero-order valence-electron chi connectivity index (χ0n) is 10.8. The number of nitrogens with one attached hydrogen (secondary N) is 1. The van der Waals surface area contributed by atoms with E-state index in [9.17, 15) is 0 Å². The van der Waals surface area contributed by atoms with Crippen molar-refractivity contribution in [2.45, 2.75) is 32.1 Å². The Labute approximate surface area is 104 Å². The third kappa shape index (κ3) is 3.60. The van der Waals surface area contributed by atoms with Gasteiger partial charge in [-0.1, -0.05) is 6.42 Å². The lowest BCUT2D eigenvalue weighted by molar-refractivity contribution is 0.204. The minimum absolute atomic E-state index is 0.560. The van der Waals surface area contributed by atoms with Gasteiger partial charge in [-0.15, -0.1) is 0 Å². The molecule has 2 saturated carbocycles. The SMILES string of the molecule is COCCNC(N)=NCCC1CC2CCC1C2. The lowest BCUT2D eigenvalue weighted by atomic mass is 9.86.